The first-order valence-electron chi connectivity index (χ1n) is 8.41. The van der Waals surface area contributed by atoms with E-state index in [-0.39, 0.29) is 5.69 Å². The largest absolute Gasteiger partial charge is 0.497 e. The third-order valence-electron chi connectivity index (χ3n) is 3.79. The first-order chi connectivity index (χ1) is 14.1. The van der Waals surface area contributed by atoms with Crippen molar-refractivity contribution in [3.05, 3.63) is 88.1 Å². The van der Waals surface area contributed by atoms with E-state index in [9.17, 15) is 14.9 Å². The van der Waals surface area contributed by atoms with Crippen molar-refractivity contribution in [1.29, 1.82) is 0 Å². The lowest BCUT2D eigenvalue weighted by Gasteiger charge is -2.08. The lowest BCUT2D eigenvalue weighted by atomic mass is 10.2. The minimum Gasteiger partial charge on any atom is -0.497 e. The Balaban J connectivity index is 1.68. The zero-order valence-electron chi connectivity index (χ0n) is 15.3. The molecule has 9 nitrogen and oxygen atoms in total. The van der Waals surface area contributed by atoms with Crippen LogP contribution >= 0.6 is 0 Å². The van der Waals surface area contributed by atoms with Crippen molar-refractivity contribution < 1.29 is 19.2 Å². The molecule has 1 N–H and O–H groups in total. The number of ether oxygens (including phenoxy) is 2. The van der Waals surface area contributed by atoms with E-state index in [4.69, 9.17) is 9.47 Å². The number of esters is 1. The summed E-state index contributed by atoms with van der Waals surface area (Å²) in [6.45, 7) is 0. The number of carbonyl (C=O) groups is 1. The average Bonchev–Trinajstić information content (AvgIpc) is 2.75. The van der Waals surface area contributed by atoms with Crippen molar-refractivity contribution in [2.45, 2.75) is 0 Å². The number of para-hydroxylation sites is 1. The first-order valence-corrected chi connectivity index (χ1v) is 8.41. The number of nitro groups is 1. The Hall–Kier alpha value is -4.27. The number of hydrazone groups is 1. The summed E-state index contributed by atoms with van der Waals surface area (Å²) in [6.07, 6.45) is 2.59. The Labute approximate surface area is 165 Å². The van der Waals surface area contributed by atoms with Crippen LogP contribution in [0.25, 0.3) is 0 Å². The van der Waals surface area contributed by atoms with Gasteiger partial charge < -0.3 is 9.47 Å². The van der Waals surface area contributed by atoms with Crippen LogP contribution in [0.3, 0.4) is 0 Å². The van der Waals surface area contributed by atoms with Crippen molar-refractivity contribution >= 4 is 23.7 Å². The van der Waals surface area contributed by atoms with Crippen molar-refractivity contribution in [2.75, 3.05) is 12.5 Å². The van der Waals surface area contributed by atoms with Gasteiger partial charge in [0.2, 0.25) is 0 Å². The van der Waals surface area contributed by atoms with Crippen LogP contribution in [0.1, 0.15) is 15.9 Å². The van der Waals surface area contributed by atoms with E-state index in [0.717, 1.165) is 6.20 Å². The summed E-state index contributed by atoms with van der Waals surface area (Å²) in [7, 11) is 1.54. The van der Waals surface area contributed by atoms with Gasteiger partial charge in [0, 0.05) is 11.6 Å². The molecule has 3 rings (SSSR count). The van der Waals surface area contributed by atoms with Crippen LogP contribution < -0.4 is 14.9 Å². The average molecular weight is 392 g/mol. The second-order valence-electron chi connectivity index (χ2n) is 5.68. The minimum atomic E-state index is -0.534. The topological polar surface area (TPSA) is 116 Å². The van der Waals surface area contributed by atoms with Gasteiger partial charge in [0.1, 0.15) is 23.5 Å². The number of methoxy groups -OCH3 is 1. The molecule has 0 atom stereocenters. The molecule has 146 valence electrons. The summed E-state index contributed by atoms with van der Waals surface area (Å²) >= 11 is 0. The van der Waals surface area contributed by atoms with Crippen LogP contribution in [0.15, 0.2) is 72.0 Å². The predicted octanol–water partition coefficient (Wildman–Crippen LogP) is 3.66. The van der Waals surface area contributed by atoms with Crippen LogP contribution in [0, 0.1) is 10.1 Å². The Morgan fingerprint density at radius 2 is 1.90 bits per heavy atom. The van der Waals surface area contributed by atoms with Crippen molar-refractivity contribution in [2.24, 2.45) is 5.10 Å². The third kappa shape index (κ3) is 5.13. The van der Waals surface area contributed by atoms with E-state index in [2.05, 4.69) is 15.5 Å². The molecule has 29 heavy (non-hydrogen) atoms. The molecule has 0 radical (unpaired) electrons. The molecule has 1 aromatic heterocycles. The maximum atomic E-state index is 12.4. The normalized spacial score (nSPS) is 10.5. The fourth-order valence-corrected chi connectivity index (χ4v) is 2.29. The predicted molar refractivity (Wildman–Crippen MR) is 107 cm³/mol. The molecule has 0 unspecified atom stereocenters. The molecule has 9 heteroatoms. The number of pyridine rings is 1. The van der Waals surface area contributed by atoms with E-state index < -0.39 is 10.9 Å². The number of anilines is 1. The van der Waals surface area contributed by atoms with Gasteiger partial charge in [0.15, 0.2) is 0 Å². The molecule has 3 aromatic rings. The van der Waals surface area contributed by atoms with Crippen molar-refractivity contribution in [3.63, 3.8) is 0 Å². The number of nitrogens with one attached hydrogen (secondary N) is 1. The van der Waals surface area contributed by atoms with E-state index >= 15 is 0 Å². The Morgan fingerprint density at radius 3 is 2.55 bits per heavy atom. The summed E-state index contributed by atoms with van der Waals surface area (Å²) in [5, 5.41) is 14.7. The van der Waals surface area contributed by atoms with Gasteiger partial charge in [-0.2, -0.15) is 5.10 Å². The number of rotatable bonds is 7. The lowest BCUT2D eigenvalue weighted by molar-refractivity contribution is -0.385. The molecule has 0 amide bonds. The highest BCUT2D eigenvalue weighted by atomic mass is 16.6. The summed E-state index contributed by atoms with van der Waals surface area (Å²) in [5.41, 5.74) is 3.49. The summed E-state index contributed by atoms with van der Waals surface area (Å²) in [5.74, 6) is 0.786. The first kappa shape index (κ1) is 19.5. The number of aromatic nitrogens is 1. The summed E-state index contributed by atoms with van der Waals surface area (Å²) in [6, 6.07) is 16.2. The molecule has 0 saturated heterocycles. The Bertz CT molecular complexity index is 1030. The highest BCUT2D eigenvalue weighted by molar-refractivity contribution is 5.93. The number of nitrogens with zero attached hydrogens (tertiary/aromatic N) is 3. The van der Waals surface area contributed by atoms with Gasteiger partial charge in [-0.3, -0.25) is 15.5 Å². The highest BCUT2D eigenvalue weighted by Crippen LogP contribution is 2.19. The summed E-state index contributed by atoms with van der Waals surface area (Å²) in [4.78, 5) is 26.4. The standard InChI is InChI=1S/C20H16N4O5/c1-28-17-9-6-14(7-10-17)20(25)29-18-5-3-2-4-15(18)12-22-23-19-11-8-16(13-21-19)24(26)27/h2-13H,1H3,(H,21,23)/b22-12-. The van der Waals surface area contributed by atoms with Gasteiger partial charge in [-0.05, 0) is 42.5 Å². The van der Waals surface area contributed by atoms with E-state index in [0.29, 0.717) is 28.4 Å². The molecule has 0 aliphatic carbocycles. The van der Waals surface area contributed by atoms with Crippen molar-refractivity contribution in [3.8, 4) is 11.5 Å². The van der Waals surface area contributed by atoms with Gasteiger partial charge in [0.05, 0.1) is 23.8 Å². The molecule has 2 aromatic carbocycles. The number of hydrogen-bond donors (Lipinski definition) is 1. The van der Waals surface area contributed by atoms with Crippen LogP contribution in [0.5, 0.6) is 11.5 Å². The van der Waals surface area contributed by atoms with Crippen molar-refractivity contribution in [1.82, 2.24) is 4.98 Å². The third-order valence-corrected chi connectivity index (χ3v) is 3.79. The summed E-state index contributed by atoms with van der Waals surface area (Å²) < 4.78 is 10.5. The molecule has 0 bridgehead atoms. The van der Waals surface area contributed by atoms with Crippen LogP contribution in [0.4, 0.5) is 11.5 Å². The molecule has 0 aliphatic rings. The minimum absolute atomic E-state index is 0.115. The molecule has 0 aliphatic heterocycles. The highest BCUT2D eigenvalue weighted by Gasteiger charge is 2.11. The monoisotopic (exact) mass is 392 g/mol. The maximum absolute atomic E-state index is 12.4. The van der Waals surface area contributed by atoms with Crippen LogP contribution in [-0.2, 0) is 0 Å². The van der Waals surface area contributed by atoms with Crippen LogP contribution in [-0.4, -0.2) is 29.2 Å². The molecule has 1 heterocycles. The smallest absolute Gasteiger partial charge is 0.343 e. The molecule has 0 spiro atoms. The number of carbonyl (C=O) groups excluding carboxylic acids is 1. The second-order valence-corrected chi connectivity index (χ2v) is 5.68. The zero-order valence-corrected chi connectivity index (χ0v) is 15.3. The maximum Gasteiger partial charge on any atom is 0.343 e. The molecular formula is C20H16N4O5. The second kappa shape index (κ2) is 9.09. The SMILES string of the molecule is COc1ccc(C(=O)Oc2ccccc2/C=N\Nc2ccc([N+](=O)[O-])cn2)cc1. The zero-order chi connectivity index (χ0) is 20.6. The van der Waals surface area contributed by atoms with Gasteiger partial charge in [-0.1, -0.05) is 12.1 Å². The molecule has 0 fully saturated rings. The molecular weight excluding hydrogens is 376 g/mol. The van der Waals surface area contributed by atoms with Gasteiger partial charge >= 0.3 is 5.97 Å². The quantitative estimate of drug-likeness (QED) is 0.214. The number of benzene rings is 2. The Morgan fingerprint density at radius 1 is 1.14 bits per heavy atom. The fraction of sp³-hybridized carbons (Fsp3) is 0.0500. The number of hydrogen-bond acceptors (Lipinski definition) is 8. The molecule has 0 saturated carbocycles. The van der Waals surface area contributed by atoms with Gasteiger partial charge in [0.25, 0.3) is 5.69 Å². The van der Waals surface area contributed by atoms with E-state index in [1.807, 2.05) is 0 Å². The van der Waals surface area contributed by atoms with Gasteiger partial charge in [-0.15, -0.1) is 0 Å². The fourth-order valence-electron chi connectivity index (χ4n) is 2.29. The Kier molecular flexibility index (Phi) is 6.11. The lowest BCUT2D eigenvalue weighted by Crippen LogP contribution is -2.09. The van der Waals surface area contributed by atoms with Crippen LogP contribution in [0.2, 0.25) is 0 Å². The van der Waals surface area contributed by atoms with E-state index in [1.165, 1.54) is 18.3 Å². The van der Waals surface area contributed by atoms with E-state index in [1.54, 1.807) is 55.6 Å². The van der Waals surface area contributed by atoms with Gasteiger partial charge in [-0.25, -0.2) is 9.78 Å².